The van der Waals surface area contributed by atoms with Crippen molar-refractivity contribution in [3.63, 3.8) is 0 Å². The van der Waals surface area contributed by atoms with Crippen LogP contribution in [0.15, 0.2) is 77.3 Å². The van der Waals surface area contributed by atoms with Gasteiger partial charge in [0.1, 0.15) is 0 Å². The van der Waals surface area contributed by atoms with E-state index in [1.54, 1.807) is 11.8 Å². The summed E-state index contributed by atoms with van der Waals surface area (Å²) in [6, 6.07) is 10.7. The quantitative estimate of drug-likeness (QED) is 0.444. The fraction of sp³-hybridized carbons (Fsp3) is 0.417. The fourth-order valence-corrected chi connectivity index (χ4v) is 3.01. The van der Waals surface area contributed by atoms with Gasteiger partial charge >= 0.3 is 0 Å². The molecule has 0 heterocycles. The maximum absolute atomic E-state index is 3.94. The van der Waals surface area contributed by atoms with Crippen LogP contribution in [0.2, 0.25) is 0 Å². The van der Waals surface area contributed by atoms with E-state index < -0.39 is 0 Å². The molecule has 0 N–H and O–H groups in total. The second-order valence-corrected chi connectivity index (χ2v) is 7.60. The Balaban J connectivity index is 0.000000462. The molecule has 1 unspecified atom stereocenters. The van der Waals surface area contributed by atoms with Crippen LogP contribution in [0.3, 0.4) is 0 Å². The van der Waals surface area contributed by atoms with E-state index >= 15 is 0 Å². The van der Waals surface area contributed by atoms with Crippen LogP contribution in [-0.4, -0.2) is 6.26 Å². The second-order valence-electron chi connectivity index (χ2n) is 6.72. The average molecular weight is 357 g/mol. The highest BCUT2D eigenvalue weighted by Gasteiger charge is 2.06. The van der Waals surface area contributed by atoms with Crippen molar-refractivity contribution < 1.29 is 0 Å². The minimum absolute atomic E-state index is 0.700. The Labute approximate surface area is 160 Å². The summed E-state index contributed by atoms with van der Waals surface area (Å²) >= 11 is 1.75. The van der Waals surface area contributed by atoms with Gasteiger partial charge in [0, 0.05) is 4.91 Å². The Morgan fingerprint density at radius 2 is 1.72 bits per heavy atom. The van der Waals surface area contributed by atoms with Crippen LogP contribution in [0, 0.1) is 5.92 Å². The molecule has 0 saturated carbocycles. The first-order chi connectivity index (χ1) is 11.8. The van der Waals surface area contributed by atoms with E-state index in [4.69, 9.17) is 0 Å². The normalized spacial score (nSPS) is 13.6. The van der Waals surface area contributed by atoms with Crippen molar-refractivity contribution in [1.82, 2.24) is 0 Å². The number of allylic oxidation sites excluding steroid dienone is 6. The van der Waals surface area contributed by atoms with E-state index in [0.717, 1.165) is 11.5 Å². The molecular formula is C24H36S. The van der Waals surface area contributed by atoms with Crippen LogP contribution in [0.4, 0.5) is 0 Å². The first-order valence-electron chi connectivity index (χ1n) is 9.11. The van der Waals surface area contributed by atoms with Crippen molar-refractivity contribution >= 4 is 11.8 Å². The summed E-state index contributed by atoms with van der Waals surface area (Å²) in [5.41, 5.74) is 3.77. The minimum atomic E-state index is 0.700. The Hall–Kier alpha value is -1.47. The Morgan fingerprint density at radius 1 is 1.12 bits per heavy atom. The lowest BCUT2D eigenvalue weighted by Crippen LogP contribution is -1.97. The topological polar surface area (TPSA) is 0 Å². The zero-order valence-electron chi connectivity index (χ0n) is 17.2. The van der Waals surface area contributed by atoms with E-state index in [1.165, 1.54) is 22.5 Å². The van der Waals surface area contributed by atoms with Crippen molar-refractivity contribution in [2.45, 2.75) is 53.9 Å². The van der Waals surface area contributed by atoms with Crippen molar-refractivity contribution in [1.29, 1.82) is 0 Å². The summed E-state index contributed by atoms with van der Waals surface area (Å²) in [6.45, 7) is 16.9. The SMILES string of the molecule is C=C(C)C(/C=C\C)=C\C(=C/C)SC.CC(C)CC(C)c1ccccc1. The molecule has 0 aliphatic carbocycles. The lowest BCUT2D eigenvalue weighted by molar-refractivity contribution is 0.524. The molecule has 0 spiro atoms. The van der Waals surface area contributed by atoms with E-state index in [0.29, 0.717) is 5.92 Å². The van der Waals surface area contributed by atoms with Gasteiger partial charge in [-0.3, -0.25) is 0 Å². The van der Waals surface area contributed by atoms with Gasteiger partial charge < -0.3 is 0 Å². The minimum Gasteiger partial charge on any atom is -0.130 e. The Kier molecular flexibility index (Phi) is 13.0. The van der Waals surface area contributed by atoms with Gasteiger partial charge in [-0.1, -0.05) is 81.5 Å². The lowest BCUT2D eigenvalue weighted by Gasteiger charge is -2.13. The Morgan fingerprint density at radius 3 is 2.12 bits per heavy atom. The molecule has 1 aromatic rings. The average Bonchev–Trinajstić information content (AvgIpc) is 2.59. The van der Waals surface area contributed by atoms with Gasteiger partial charge in [-0.15, -0.1) is 11.8 Å². The molecule has 0 aliphatic heterocycles. The summed E-state index contributed by atoms with van der Waals surface area (Å²) in [6.07, 6.45) is 11.8. The molecule has 1 atom stereocenters. The summed E-state index contributed by atoms with van der Waals surface area (Å²) in [5, 5.41) is 0. The molecule has 1 aromatic carbocycles. The van der Waals surface area contributed by atoms with Gasteiger partial charge in [0.2, 0.25) is 0 Å². The summed E-state index contributed by atoms with van der Waals surface area (Å²) in [5.74, 6) is 1.49. The summed E-state index contributed by atoms with van der Waals surface area (Å²) in [7, 11) is 0. The van der Waals surface area contributed by atoms with Gasteiger partial charge in [-0.25, -0.2) is 0 Å². The third-order valence-electron chi connectivity index (χ3n) is 3.85. The van der Waals surface area contributed by atoms with Crippen LogP contribution in [0.25, 0.3) is 0 Å². The Bertz CT molecular complexity index is 573. The molecular weight excluding hydrogens is 320 g/mol. The molecule has 0 saturated heterocycles. The first kappa shape index (κ1) is 23.5. The molecule has 1 heteroatoms. The highest BCUT2D eigenvalue weighted by molar-refractivity contribution is 8.02. The molecule has 0 radical (unpaired) electrons. The zero-order valence-corrected chi connectivity index (χ0v) is 18.0. The number of benzene rings is 1. The van der Waals surface area contributed by atoms with Crippen molar-refractivity contribution in [2.75, 3.05) is 6.26 Å². The van der Waals surface area contributed by atoms with Crippen LogP contribution in [-0.2, 0) is 0 Å². The largest absolute Gasteiger partial charge is 0.130 e. The second kappa shape index (κ2) is 13.8. The first-order valence-corrected chi connectivity index (χ1v) is 10.3. The molecule has 0 aromatic heterocycles. The van der Waals surface area contributed by atoms with E-state index in [9.17, 15) is 0 Å². The van der Waals surface area contributed by atoms with E-state index in [2.05, 4.69) is 82.2 Å². The zero-order chi connectivity index (χ0) is 19.2. The maximum atomic E-state index is 3.94. The van der Waals surface area contributed by atoms with Crippen molar-refractivity contribution in [2.24, 2.45) is 5.92 Å². The van der Waals surface area contributed by atoms with Crippen LogP contribution < -0.4 is 0 Å². The molecule has 138 valence electrons. The third-order valence-corrected chi connectivity index (χ3v) is 4.68. The monoisotopic (exact) mass is 356 g/mol. The van der Waals surface area contributed by atoms with Gasteiger partial charge in [-0.2, -0.15) is 0 Å². The number of hydrogen-bond acceptors (Lipinski definition) is 1. The third kappa shape index (κ3) is 10.9. The van der Waals surface area contributed by atoms with Crippen LogP contribution in [0.5, 0.6) is 0 Å². The van der Waals surface area contributed by atoms with Gasteiger partial charge in [0.15, 0.2) is 0 Å². The fourth-order valence-electron chi connectivity index (χ4n) is 2.53. The van der Waals surface area contributed by atoms with Crippen LogP contribution >= 0.6 is 11.8 Å². The van der Waals surface area contributed by atoms with Gasteiger partial charge in [0.25, 0.3) is 0 Å². The molecule has 0 fully saturated rings. The number of rotatable bonds is 7. The van der Waals surface area contributed by atoms with E-state index in [1.807, 2.05) is 26.8 Å². The van der Waals surface area contributed by atoms with E-state index in [-0.39, 0.29) is 0 Å². The molecule has 0 aliphatic rings. The molecule has 1 rings (SSSR count). The maximum Gasteiger partial charge on any atom is 0.00324 e. The molecule has 25 heavy (non-hydrogen) atoms. The standard InChI is InChI=1S/C12H18S.C12H18/c1-6-8-11(10(3)4)9-12(7-2)13-5;1-10(2)9-11(3)12-7-5-4-6-8-12/h6-9H,3H2,1-2,4-5H3;4-8,10-11H,9H2,1-3H3/b8-6-,11-9-,12-7+;. The summed E-state index contributed by atoms with van der Waals surface area (Å²) in [4.78, 5) is 1.27. The smallest absolute Gasteiger partial charge is 0.00324 e. The molecule has 0 amide bonds. The van der Waals surface area contributed by atoms with Crippen molar-refractivity contribution in [3.05, 3.63) is 82.8 Å². The molecule has 0 nitrogen and oxygen atoms in total. The van der Waals surface area contributed by atoms with Gasteiger partial charge in [0.05, 0.1) is 0 Å². The summed E-state index contributed by atoms with van der Waals surface area (Å²) < 4.78 is 0. The molecule has 0 bridgehead atoms. The van der Waals surface area contributed by atoms with Gasteiger partial charge in [-0.05, 0) is 62.5 Å². The van der Waals surface area contributed by atoms with Crippen LogP contribution in [0.1, 0.15) is 59.4 Å². The highest BCUT2D eigenvalue weighted by Crippen LogP contribution is 2.22. The highest BCUT2D eigenvalue weighted by atomic mass is 32.2. The predicted molar refractivity (Wildman–Crippen MR) is 119 cm³/mol. The number of thioether (sulfide) groups is 1. The van der Waals surface area contributed by atoms with Crippen molar-refractivity contribution in [3.8, 4) is 0 Å². The predicted octanol–water partition coefficient (Wildman–Crippen LogP) is 8.17. The lowest BCUT2D eigenvalue weighted by atomic mass is 9.92. The number of hydrogen-bond donors (Lipinski definition) is 0.